The summed E-state index contributed by atoms with van der Waals surface area (Å²) in [5, 5.41) is 8.52. The van der Waals surface area contributed by atoms with Gasteiger partial charge in [-0.05, 0) is 19.4 Å². The second kappa shape index (κ2) is 7.69. The molecule has 1 aromatic heterocycles. The van der Waals surface area contributed by atoms with Crippen LogP contribution in [0.2, 0.25) is 5.02 Å². The van der Waals surface area contributed by atoms with Crippen molar-refractivity contribution >= 4 is 11.6 Å². The number of ether oxygens (including phenoxy) is 1. The van der Waals surface area contributed by atoms with Crippen molar-refractivity contribution in [2.75, 3.05) is 20.3 Å². The van der Waals surface area contributed by atoms with Crippen LogP contribution in [0.5, 0.6) is 0 Å². The second-order valence-corrected chi connectivity index (χ2v) is 4.42. The van der Waals surface area contributed by atoms with Crippen LogP contribution in [0.15, 0.2) is 6.20 Å². The highest BCUT2D eigenvalue weighted by Gasteiger charge is 2.17. The van der Waals surface area contributed by atoms with E-state index >= 15 is 0 Å². The Hall–Kier alpha value is -0.580. The summed E-state index contributed by atoms with van der Waals surface area (Å²) >= 11 is 6.21. The number of aromatic nitrogens is 2. The highest BCUT2D eigenvalue weighted by molar-refractivity contribution is 6.31. The molecule has 1 aromatic rings. The first-order valence-corrected chi connectivity index (χ1v) is 6.55. The lowest BCUT2D eigenvalue weighted by Gasteiger charge is -2.19. The summed E-state index contributed by atoms with van der Waals surface area (Å²) in [6.07, 6.45) is 3.82. The fourth-order valence-corrected chi connectivity index (χ4v) is 2.10. The minimum absolute atomic E-state index is 0.266. The van der Waals surface area contributed by atoms with Crippen molar-refractivity contribution in [3.05, 3.63) is 16.9 Å². The van der Waals surface area contributed by atoms with Gasteiger partial charge < -0.3 is 10.1 Å². The van der Waals surface area contributed by atoms with Crippen molar-refractivity contribution in [1.29, 1.82) is 0 Å². The molecule has 0 aliphatic heterocycles. The third-order valence-corrected chi connectivity index (χ3v) is 3.01. The highest BCUT2D eigenvalue weighted by Crippen LogP contribution is 2.25. The topological polar surface area (TPSA) is 39.1 Å². The molecule has 0 bridgehead atoms. The Morgan fingerprint density at radius 2 is 2.29 bits per heavy atom. The summed E-state index contributed by atoms with van der Waals surface area (Å²) in [6.45, 7) is 6.68. The molecule has 0 amide bonds. The van der Waals surface area contributed by atoms with Crippen molar-refractivity contribution < 1.29 is 4.74 Å². The van der Waals surface area contributed by atoms with Crippen LogP contribution in [-0.2, 0) is 11.3 Å². The predicted molar refractivity (Wildman–Crippen MR) is 70.4 cm³/mol. The first-order chi connectivity index (χ1) is 8.24. The monoisotopic (exact) mass is 259 g/mol. The molecule has 0 aromatic carbocycles. The minimum Gasteiger partial charge on any atom is -0.383 e. The summed E-state index contributed by atoms with van der Waals surface area (Å²) < 4.78 is 7.01. The van der Waals surface area contributed by atoms with E-state index in [2.05, 4.69) is 24.3 Å². The Morgan fingerprint density at radius 1 is 1.53 bits per heavy atom. The van der Waals surface area contributed by atoms with Gasteiger partial charge in [-0.2, -0.15) is 5.10 Å². The largest absolute Gasteiger partial charge is 0.383 e. The van der Waals surface area contributed by atoms with E-state index in [1.807, 2.05) is 4.68 Å². The molecule has 5 heteroatoms. The zero-order valence-corrected chi connectivity index (χ0v) is 11.6. The molecule has 0 saturated carbocycles. The molecule has 0 fully saturated rings. The van der Waals surface area contributed by atoms with Gasteiger partial charge in [0.25, 0.3) is 0 Å². The number of rotatable bonds is 8. The van der Waals surface area contributed by atoms with E-state index in [9.17, 15) is 0 Å². The maximum Gasteiger partial charge on any atom is 0.0834 e. The molecule has 1 rings (SSSR count). The molecular weight excluding hydrogens is 238 g/mol. The molecular formula is C12H22ClN3O. The van der Waals surface area contributed by atoms with Crippen LogP contribution in [0, 0.1) is 0 Å². The number of methoxy groups -OCH3 is 1. The van der Waals surface area contributed by atoms with Gasteiger partial charge >= 0.3 is 0 Å². The smallest absolute Gasteiger partial charge is 0.0834 e. The summed E-state index contributed by atoms with van der Waals surface area (Å²) in [4.78, 5) is 0. The quantitative estimate of drug-likeness (QED) is 0.780. The molecule has 98 valence electrons. The summed E-state index contributed by atoms with van der Waals surface area (Å²) in [6, 6.07) is 0.266. The molecule has 0 aliphatic carbocycles. The summed E-state index contributed by atoms with van der Waals surface area (Å²) in [5.74, 6) is 0. The lowest BCUT2D eigenvalue weighted by Crippen LogP contribution is -2.25. The minimum atomic E-state index is 0.266. The number of hydrogen-bond acceptors (Lipinski definition) is 3. The third-order valence-electron chi connectivity index (χ3n) is 2.72. The number of hydrogen-bond donors (Lipinski definition) is 1. The van der Waals surface area contributed by atoms with Crippen LogP contribution >= 0.6 is 11.6 Å². The molecule has 0 radical (unpaired) electrons. The van der Waals surface area contributed by atoms with Crippen LogP contribution in [0.3, 0.4) is 0 Å². The Morgan fingerprint density at radius 3 is 2.88 bits per heavy atom. The molecule has 0 saturated heterocycles. The van der Waals surface area contributed by atoms with Crippen molar-refractivity contribution in [3.8, 4) is 0 Å². The molecule has 0 spiro atoms. The van der Waals surface area contributed by atoms with Gasteiger partial charge in [0, 0.05) is 7.11 Å². The zero-order chi connectivity index (χ0) is 12.7. The van der Waals surface area contributed by atoms with Gasteiger partial charge in [0.1, 0.15) is 0 Å². The van der Waals surface area contributed by atoms with E-state index < -0.39 is 0 Å². The van der Waals surface area contributed by atoms with Crippen molar-refractivity contribution in [2.45, 2.75) is 39.3 Å². The molecule has 1 N–H and O–H groups in total. The number of nitrogens with zero attached hydrogens (tertiary/aromatic N) is 2. The van der Waals surface area contributed by atoms with Crippen molar-refractivity contribution in [3.63, 3.8) is 0 Å². The Labute approximate surface area is 108 Å². The summed E-state index contributed by atoms with van der Waals surface area (Å²) in [5.41, 5.74) is 1.07. The van der Waals surface area contributed by atoms with Crippen LogP contribution in [-0.4, -0.2) is 30.0 Å². The summed E-state index contributed by atoms with van der Waals surface area (Å²) in [7, 11) is 1.69. The SMILES string of the molecule is CCCNC(CC)c1c(Cl)cnn1CCOC. The van der Waals surface area contributed by atoms with Gasteiger partial charge in [-0.1, -0.05) is 25.4 Å². The van der Waals surface area contributed by atoms with E-state index in [0.717, 1.165) is 36.6 Å². The van der Waals surface area contributed by atoms with E-state index in [0.29, 0.717) is 6.61 Å². The average Bonchev–Trinajstić information content (AvgIpc) is 2.70. The van der Waals surface area contributed by atoms with E-state index in [1.165, 1.54) is 0 Å². The molecule has 4 nitrogen and oxygen atoms in total. The molecule has 1 atom stereocenters. The van der Waals surface area contributed by atoms with Crippen molar-refractivity contribution in [2.24, 2.45) is 0 Å². The van der Waals surface area contributed by atoms with E-state index in [1.54, 1.807) is 13.3 Å². The maximum absolute atomic E-state index is 6.21. The average molecular weight is 260 g/mol. The van der Waals surface area contributed by atoms with E-state index in [4.69, 9.17) is 16.3 Å². The van der Waals surface area contributed by atoms with Gasteiger partial charge in [-0.25, -0.2) is 0 Å². The Kier molecular flexibility index (Phi) is 6.55. The second-order valence-electron chi connectivity index (χ2n) is 4.01. The van der Waals surface area contributed by atoms with Crippen LogP contribution in [0.25, 0.3) is 0 Å². The maximum atomic E-state index is 6.21. The lowest BCUT2D eigenvalue weighted by molar-refractivity contribution is 0.181. The first kappa shape index (κ1) is 14.5. The third kappa shape index (κ3) is 3.98. The van der Waals surface area contributed by atoms with E-state index in [-0.39, 0.29) is 6.04 Å². The van der Waals surface area contributed by atoms with Crippen molar-refractivity contribution in [1.82, 2.24) is 15.1 Å². The van der Waals surface area contributed by atoms with Crippen LogP contribution < -0.4 is 5.32 Å². The van der Waals surface area contributed by atoms with Gasteiger partial charge in [-0.15, -0.1) is 0 Å². The standard InChI is InChI=1S/C12H22ClN3O/c1-4-6-14-11(5-2)12-10(13)9-15-16(12)7-8-17-3/h9,11,14H,4-8H2,1-3H3. The van der Waals surface area contributed by atoms with Gasteiger partial charge in [0.2, 0.25) is 0 Å². The lowest BCUT2D eigenvalue weighted by atomic mass is 10.1. The Bertz CT molecular complexity index is 328. The molecule has 17 heavy (non-hydrogen) atoms. The fraction of sp³-hybridized carbons (Fsp3) is 0.750. The van der Waals surface area contributed by atoms with Gasteiger partial charge in [0.05, 0.1) is 36.1 Å². The first-order valence-electron chi connectivity index (χ1n) is 6.18. The van der Waals surface area contributed by atoms with Gasteiger partial charge in [0.15, 0.2) is 0 Å². The number of halogens is 1. The van der Waals surface area contributed by atoms with Gasteiger partial charge in [-0.3, -0.25) is 4.68 Å². The molecule has 1 unspecified atom stereocenters. The van der Waals surface area contributed by atoms with Crippen LogP contribution in [0.1, 0.15) is 38.4 Å². The zero-order valence-electron chi connectivity index (χ0n) is 10.9. The van der Waals surface area contributed by atoms with Crippen LogP contribution in [0.4, 0.5) is 0 Å². The molecule has 0 aliphatic rings. The fourth-order valence-electron chi connectivity index (χ4n) is 1.83. The molecule has 1 heterocycles. The normalized spacial score (nSPS) is 12.9. The predicted octanol–water partition coefficient (Wildman–Crippen LogP) is 2.63. The highest BCUT2D eigenvalue weighted by atomic mass is 35.5. The number of nitrogens with one attached hydrogen (secondary N) is 1. The Balaban J connectivity index is 2.80.